The first-order valence-electron chi connectivity index (χ1n) is 5.22. The van der Waals surface area contributed by atoms with Crippen molar-refractivity contribution in [3.8, 4) is 0 Å². The van der Waals surface area contributed by atoms with Crippen molar-refractivity contribution >= 4 is 0 Å². The van der Waals surface area contributed by atoms with Gasteiger partial charge in [-0.15, -0.1) is 0 Å². The molecule has 0 spiro atoms. The predicted molar refractivity (Wildman–Crippen MR) is 55.0 cm³/mol. The first kappa shape index (κ1) is 13.0. The number of rotatable bonds is 5. The third-order valence-electron chi connectivity index (χ3n) is 2.22. The highest BCUT2D eigenvalue weighted by Crippen LogP contribution is 2.22. The summed E-state index contributed by atoms with van der Waals surface area (Å²) in [6.07, 6.45) is -2.03. The van der Waals surface area contributed by atoms with Crippen molar-refractivity contribution in [3.63, 3.8) is 0 Å². The summed E-state index contributed by atoms with van der Waals surface area (Å²) in [7, 11) is 1.69. The molecule has 0 fully saturated rings. The number of hydrogen-bond acceptors (Lipinski definition) is 2. The molecule has 1 unspecified atom stereocenters. The Morgan fingerprint density at radius 1 is 1.50 bits per heavy atom. The molecule has 0 aliphatic rings. The van der Waals surface area contributed by atoms with Crippen molar-refractivity contribution < 1.29 is 13.2 Å². The van der Waals surface area contributed by atoms with Crippen LogP contribution in [0.4, 0.5) is 13.2 Å². The highest BCUT2D eigenvalue weighted by molar-refractivity contribution is 5.02. The first-order chi connectivity index (χ1) is 7.43. The Kier molecular flexibility index (Phi) is 4.35. The van der Waals surface area contributed by atoms with Gasteiger partial charge in [0.05, 0.1) is 5.69 Å². The summed E-state index contributed by atoms with van der Waals surface area (Å²) in [4.78, 5) is 0. The average molecular weight is 235 g/mol. The molecule has 0 aliphatic carbocycles. The summed E-state index contributed by atoms with van der Waals surface area (Å²) in [5, 5.41) is 6.44. The maximum Gasteiger partial charge on any atom is 0.404 e. The number of aryl methyl sites for hydroxylation is 1. The lowest BCUT2D eigenvalue weighted by atomic mass is 10.1. The highest BCUT2D eigenvalue weighted by Gasteiger charge is 2.39. The zero-order chi connectivity index (χ0) is 12.2. The minimum absolute atomic E-state index is 0.121. The van der Waals surface area contributed by atoms with Crippen LogP contribution in [-0.2, 0) is 13.5 Å². The number of alkyl halides is 3. The van der Waals surface area contributed by atoms with Gasteiger partial charge in [0.1, 0.15) is 6.04 Å². The lowest BCUT2D eigenvalue weighted by molar-refractivity contribution is -0.155. The number of nitrogens with one attached hydrogen (secondary N) is 1. The molecular weight excluding hydrogens is 219 g/mol. The van der Waals surface area contributed by atoms with Crippen LogP contribution in [0.2, 0.25) is 0 Å². The molecular formula is C10H16F3N3. The van der Waals surface area contributed by atoms with Gasteiger partial charge in [0.2, 0.25) is 0 Å². The van der Waals surface area contributed by atoms with E-state index in [0.717, 1.165) is 0 Å². The van der Waals surface area contributed by atoms with Crippen molar-refractivity contribution in [2.24, 2.45) is 7.05 Å². The summed E-state index contributed by atoms with van der Waals surface area (Å²) < 4.78 is 39.4. The quantitative estimate of drug-likeness (QED) is 0.844. The van der Waals surface area contributed by atoms with Gasteiger partial charge >= 0.3 is 6.18 Å². The van der Waals surface area contributed by atoms with E-state index in [4.69, 9.17) is 0 Å². The molecule has 0 amide bonds. The zero-order valence-corrected chi connectivity index (χ0v) is 9.38. The minimum atomic E-state index is -4.23. The number of nitrogens with zero attached hydrogens (tertiary/aromatic N) is 2. The Morgan fingerprint density at radius 2 is 2.19 bits per heavy atom. The molecule has 16 heavy (non-hydrogen) atoms. The van der Waals surface area contributed by atoms with E-state index in [1.165, 1.54) is 4.68 Å². The third-order valence-corrected chi connectivity index (χ3v) is 2.22. The van der Waals surface area contributed by atoms with Gasteiger partial charge in [-0.25, -0.2) is 0 Å². The molecule has 0 saturated heterocycles. The monoisotopic (exact) mass is 235 g/mol. The second kappa shape index (κ2) is 5.34. The van der Waals surface area contributed by atoms with Crippen LogP contribution < -0.4 is 5.32 Å². The second-order valence-electron chi connectivity index (χ2n) is 3.73. The van der Waals surface area contributed by atoms with Gasteiger partial charge in [0, 0.05) is 19.7 Å². The molecule has 1 atom stereocenters. The summed E-state index contributed by atoms with van der Waals surface area (Å²) in [6.45, 7) is 2.19. The van der Waals surface area contributed by atoms with Crippen molar-refractivity contribution in [2.45, 2.75) is 32.0 Å². The molecule has 92 valence electrons. The standard InChI is InChI=1S/C10H16F3N3/c1-3-5-14-9(10(11,12)13)7-8-4-6-16(2)15-8/h4,6,9,14H,3,5,7H2,1-2H3. The number of aromatic nitrogens is 2. The van der Waals surface area contributed by atoms with E-state index >= 15 is 0 Å². The van der Waals surface area contributed by atoms with Crippen LogP contribution in [0.5, 0.6) is 0 Å². The SMILES string of the molecule is CCCNC(Cc1ccn(C)n1)C(F)(F)F. The van der Waals surface area contributed by atoms with Gasteiger partial charge in [-0.05, 0) is 19.0 Å². The smallest absolute Gasteiger partial charge is 0.306 e. The van der Waals surface area contributed by atoms with Crippen LogP contribution in [0, 0.1) is 0 Å². The molecule has 0 aromatic carbocycles. The Morgan fingerprint density at radius 3 is 2.62 bits per heavy atom. The van der Waals surface area contributed by atoms with Crippen LogP contribution >= 0.6 is 0 Å². The summed E-state index contributed by atoms with van der Waals surface area (Å²) in [5.41, 5.74) is 0.452. The van der Waals surface area contributed by atoms with Crippen LogP contribution in [0.3, 0.4) is 0 Å². The highest BCUT2D eigenvalue weighted by atomic mass is 19.4. The molecule has 0 aliphatic heterocycles. The van der Waals surface area contributed by atoms with Crippen molar-refractivity contribution in [1.29, 1.82) is 0 Å². The van der Waals surface area contributed by atoms with Gasteiger partial charge < -0.3 is 5.32 Å². The topological polar surface area (TPSA) is 29.9 Å². The third kappa shape index (κ3) is 3.84. The maximum atomic E-state index is 12.6. The van der Waals surface area contributed by atoms with Crippen molar-refractivity contribution in [2.75, 3.05) is 6.54 Å². The fourth-order valence-corrected chi connectivity index (χ4v) is 1.40. The molecule has 1 rings (SSSR count). The molecule has 0 radical (unpaired) electrons. The van der Waals surface area contributed by atoms with Crippen LogP contribution in [0.25, 0.3) is 0 Å². The van der Waals surface area contributed by atoms with E-state index in [-0.39, 0.29) is 6.42 Å². The van der Waals surface area contributed by atoms with Crippen molar-refractivity contribution in [1.82, 2.24) is 15.1 Å². The molecule has 1 heterocycles. The largest absolute Gasteiger partial charge is 0.404 e. The first-order valence-corrected chi connectivity index (χ1v) is 5.22. The van der Waals surface area contributed by atoms with Crippen LogP contribution in [0.15, 0.2) is 12.3 Å². The molecule has 1 N–H and O–H groups in total. The van der Waals surface area contributed by atoms with E-state index in [1.807, 2.05) is 6.92 Å². The molecule has 1 aromatic heterocycles. The van der Waals surface area contributed by atoms with Gasteiger partial charge in [0.15, 0.2) is 0 Å². The van der Waals surface area contributed by atoms with Gasteiger partial charge in [-0.1, -0.05) is 6.92 Å². The van der Waals surface area contributed by atoms with E-state index < -0.39 is 12.2 Å². The lowest BCUT2D eigenvalue weighted by Gasteiger charge is -2.20. The maximum absolute atomic E-state index is 12.6. The fraction of sp³-hybridized carbons (Fsp3) is 0.700. The van der Waals surface area contributed by atoms with Crippen molar-refractivity contribution in [3.05, 3.63) is 18.0 Å². The Hall–Kier alpha value is -1.04. The molecule has 0 bridgehead atoms. The van der Waals surface area contributed by atoms with Crippen LogP contribution in [0.1, 0.15) is 19.0 Å². The predicted octanol–water partition coefficient (Wildman–Crippen LogP) is 1.89. The number of hydrogen-bond donors (Lipinski definition) is 1. The molecule has 3 nitrogen and oxygen atoms in total. The van der Waals surface area contributed by atoms with E-state index in [2.05, 4.69) is 10.4 Å². The summed E-state index contributed by atoms with van der Waals surface area (Å²) in [5.74, 6) is 0. The fourth-order valence-electron chi connectivity index (χ4n) is 1.40. The average Bonchev–Trinajstić information content (AvgIpc) is 2.57. The van der Waals surface area contributed by atoms with Crippen LogP contribution in [-0.4, -0.2) is 28.5 Å². The normalized spacial score (nSPS) is 14.1. The molecule has 1 aromatic rings. The Balaban J connectivity index is 2.63. The molecule has 6 heteroatoms. The van der Waals surface area contributed by atoms with E-state index in [1.54, 1.807) is 19.3 Å². The lowest BCUT2D eigenvalue weighted by Crippen LogP contribution is -2.44. The zero-order valence-electron chi connectivity index (χ0n) is 9.38. The molecule has 0 saturated carbocycles. The van der Waals surface area contributed by atoms with E-state index in [9.17, 15) is 13.2 Å². The van der Waals surface area contributed by atoms with Gasteiger partial charge in [-0.3, -0.25) is 4.68 Å². The number of halogens is 3. The van der Waals surface area contributed by atoms with Gasteiger partial charge in [0.25, 0.3) is 0 Å². The summed E-state index contributed by atoms with van der Waals surface area (Å²) in [6, 6.07) is 0.0918. The van der Waals surface area contributed by atoms with E-state index in [0.29, 0.717) is 18.7 Å². The minimum Gasteiger partial charge on any atom is -0.306 e. The summed E-state index contributed by atoms with van der Waals surface area (Å²) >= 11 is 0. The Bertz CT molecular complexity index is 319. The second-order valence-corrected chi connectivity index (χ2v) is 3.73. The Labute approximate surface area is 92.6 Å². The van der Waals surface area contributed by atoms with Gasteiger partial charge in [-0.2, -0.15) is 18.3 Å².